The minimum Gasteiger partial charge on any atom is -0.335 e. The minimum atomic E-state index is 0.0381. The van der Waals surface area contributed by atoms with Gasteiger partial charge < -0.3 is 4.90 Å². The predicted molar refractivity (Wildman–Crippen MR) is 99.4 cm³/mol. The average molecular weight is 331 g/mol. The van der Waals surface area contributed by atoms with Gasteiger partial charge in [-0.3, -0.25) is 14.7 Å². The molecule has 1 saturated heterocycles. The van der Waals surface area contributed by atoms with Crippen LogP contribution in [0.25, 0.3) is 10.8 Å². The first-order chi connectivity index (χ1) is 12.3. The molecule has 1 amide bonds. The molecule has 2 heterocycles. The highest BCUT2D eigenvalue weighted by Crippen LogP contribution is 2.19. The lowest BCUT2D eigenvalue weighted by Gasteiger charge is -2.34. The zero-order valence-electron chi connectivity index (χ0n) is 14.1. The van der Waals surface area contributed by atoms with Crippen molar-refractivity contribution in [2.75, 3.05) is 26.2 Å². The molecule has 0 saturated carbocycles. The highest BCUT2D eigenvalue weighted by Gasteiger charge is 2.24. The van der Waals surface area contributed by atoms with Gasteiger partial charge in [-0.05, 0) is 17.0 Å². The summed E-state index contributed by atoms with van der Waals surface area (Å²) in [6.45, 7) is 4.22. The number of nitrogens with zero attached hydrogens (tertiary/aromatic N) is 3. The summed E-state index contributed by atoms with van der Waals surface area (Å²) in [5.41, 5.74) is 1.88. The summed E-state index contributed by atoms with van der Waals surface area (Å²) in [5, 5.41) is 1.99. The number of carbonyl (C=O) groups is 1. The number of aromatic nitrogens is 1. The largest absolute Gasteiger partial charge is 0.335 e. The first kappa shape index (κ1) is 15.8. The molecule has 4 heteroatoms. The molecule has 0 N–H and O–H groups in total. The minimum absolute atomic E-state index is 0.0381. The van der Waals surface area contributed by atoms with E-state index in [0.717, 1.165) is 43.5 Å². The number of fused-ring (bicyclic) bond motifs is 1. The van der Waals surface area contributed by atoms with Crippen LogP contribution in [0.1, 0.15) is 16.1 Å². The molecular weight excluding hydrogens is 310 g/mol. The maximum Gasteiger partial charge on any atom is 0.273 e. The first-order valence-electron chi connectivity index (χ1n) is 8.70. The second kappa shape index (κ2) is 7.03. The fraction of sp³-hybridized carbons (Fsp3) is 0.238. The molecule has 25 heavy (non-hydrogen) atoms. The van der Waals surface area contributed by atoms with Crippen molar-refractivity contribution >= 4 is 16.7 Å². The maximum atomic E-state index is 12.9. The topological polar surface area (TPSA) is 36.4 Å². The van der Waals surface area contributed by atoms with Crippen molar-refractivity contribution in [2.24, 2.45) is 0 Å². The van der Waals surface area contributed by atoms with Gasteiger partial charge in [-0.2, -0.15) is 0 Å². The molecule has 4 nitrogen and oxygen atoms in total. The summed E-state index contributed by atoms with van der Waals surface area (Å²) in [6, 6.07) is 20.4. The van der Waals surface area contributed by atoms with Crippen molar-refractivity contribution in [1.82, 2.24) is 14.8 Å². The smallest absolute Gasteiger partial charge is 0.273 e. The van der Waals surface area contributed by atoms with Gasteiger partial charge in [0.1, 0.15) is 5.69 Å². The van der Waals surface area contributed by atoms with Crippen LogP contribution in [0.5, 0.6) is 0 Å². The van der Waals surface area contributed by atoms with E-state index in [4.69, 9.17) is 0 Å². The van der Waals surface area contributed by atoms with E-state index in [2.05, 4.69) is 34.1 Å². The Morgan fingerprint density at radius 1 is 0.880 bits per heavy atom. The molecule has 2 aromatic carbocycles. The number of hydrogen-bond acceptors (Lipinski definition) is 3. The Hall–Kier alpha value is -2.72. The Morgan fingerprint density at radius 2 is 1.60 bits per heavy atom. The summed E-state index contributed by atoms with van der Waals surface area (Å²) in [4.78, 5) is 21.6. The summed E-state index contributed by atoms with van der Waals surface area (Å²) in [7, 11) is 0. The van der Waals surface area contributed by atoms with E-state index in [0.29, 0.717) is 5.69 Å². The molecule has 0 atom stereocenters. The zero-order valence-corrected chi connectivity index (χ0v) is 14.1. The SMILES string of the molecule is O=C(c1nccc2ccccc12)N1CCN(Cc2ccccc2)CC1. The van der Waals surface area contributed by atoms with E-state index < -0.39 is 0 Å². The average Bonchev–Trinajstić information content (AvgIpc) is 2.68. The van der Waals surface area contributed by atoms with Crippen LogP contribution in [-0.2, 0) is 6.54 Å². The number of piperazine rings is 1. The Morgan fingerprint density at radius 3 is 2.40 bits per heavy atom. The third-order valence-corrected chi connectivity index (χ3v) is 4.78. The molecule has 1 fully saturated rings. The molecule has 126 valence electrons. The lowest BCUT2D eigenvalue weighted by atomic mass is 10.1. The molecule has 1 aromatic heterocycles. The standard InChI is InChI=1S/C21H21N3O/c25-21(20-19-9-5-4-8-18(19)10-11-22-20)24-14-12-23(13-15-24)16-17-6-2-1-3-7-17/h1-11H,12-16H2. The Labute approximate surface area is 147 Å². The molecule has 0 radical (unpaired) electrons. The zero-order chi connectivity index (χ0) is 17.1. The summed E-state index contributed by atoms with van der Waals surface area (Å²) in [5.74, 6) is 0.0381. The number of hydrogen-bond donors (Lipinski definition) is 0. The molecule has 1 aliphatic rings. The monoisotopic (exact) mass is 331 g/mol. The van der Waals surface area contributed by atoms with Gasteiger partial charge in [-0.15, -0.1) is 0 Å². The summed E-state index contributed by atoms with van der Waals surface area (Å²) < 4.78 is 0. The molecule has 0 bridgehead atoms. The van der Waals surface area contributed by atoms with Gasteiger partial charge in [0.05, 0.1) is 0 Å². The Kier molecular flexibility index (Phi) is 4.44. The normalized spacial score (nSPS) is 15.4. The van der Waals surface area contributed by atoms with Gasteiger partial charge in [0, 0.05) is 44.3 Å². The van der Waals surface area contributed by atoms with Gasteiger partial charge in [0.2, 0.25) is 0 Å². The number of amides is 1. The van der Waals surface area contributed by atoms with Crippen LogP contribution < -0.4 is 0 Å². The van der Waals surface area contributed by atoms with Gasteiger partial charge in [0.25, 0.3) is 5.91 Å². The van der Waals surface area contributed by atoms with E-state index in [9.17, 15) is 4.79 Å². The molecule has 0 spiro atoms. The lowest BCUT2D eigenvalue weighted by molar-refractivity contribution is 0.0625. The molecule has 1 aliphatic heterocycles. The van der Waals surface area contributed by atoms with E-state index in [1.807, 2.05) is 41.3 Å². The fourth-order valence-electron chi connectivity index (χ4n) is 3.39. The van der Waals surface area contributed by atoms with E-state index >= 15 is 0 Å². The molecule has 0 unspecified atom stereocenters. The number of carbonyl (C=O) groups excluding carboxylic acids is 1. The quantitative estimate of drug-likeness (QED) is 0.739. The molecule has 4 rings (SSSR count). The molecular formula is C21H21N3O. The van der Waals surface area contributed by atoms with Crippen molar-refractivity contribution in [3.63, 3.8) is 0 Å². The van der Waals surface area contributed by atoms with Crippen molar-refractivity contribution in [3.05, 3.63) is 78.1 Å². The highest BCUT2D eigenvalue weighted by molar-refractivity contribution is 6.05. The third-order valence-electron chi connectivity index (χ3n) is 4.78. The van der Waals surface area contributed by atoms with Gasteiger partial charge in [-0.1, -0.05) is 54.6 Å². The predicted octanol–water partition coefficient (Wildman–Crippen LogP) is 3.19. The van der Waals surface area contributed by atoms with Crippen molar-refractivity contribution in [1.29, 1.82) is 0 Å². The van der Waals surface area contributed by atoms with Crippen molar-refractivity contribution in [2.45, 2.75) is 6.54 Å². The van der Waals surface area contributed by atoms with Crippen LogP contribution in [0.15, 0.2) is 66.9 Å². The molecule has 3 aromatic rings. The maximum absolute atomic E-state index is 12.9. The Bertz CT molecular complexity index is 865. The van der Waals surface area contributed by atoms with Gasteiger partial charge >= 0.3 is 0 Å². The number of benzene rings is 2. The second-order valence-electron chi connectivity index (χ2n) is 6.43. The van der Waals surface area contributed by atoms with Gasteiger partial charge in [-0.25, -0.2) is 0 Å². The second-order valence-corrected chi connectivity index (χ2v) is 6.43. The fourth-order valence-corrected chi connectivity index (χ4v) is 3.39. The van der Waals surface area contributed by atoms with Crippen LogP contribution in [-0.4, -0.2) is 46.9 Å². The van der Waals surface area contributed by atoms with E-state index in [1.165, 1.54) is 5.56 Å². The van der Waals surface area contributed by atoms with E-state index in [1.54, 1.807) is 6.20 Å². The van der Waals surface area contributed by atoms with Crippen molar-refractivity contribution < 1.29 is 4.79 Å². The summed E-state index contributed by atoms with van der Waals surface area (Å²) in [6.07, 6.45) is 1.72. The van der Waals surface area contributed by atoms with Crippen molar-refractivity contribution in [3.8, 4) is 0 Å². The van der Waals surface area contributed by atoms with E-state index in [-0.39, 0.29) is 5.91 Å². The van der Waals surface area contributed by atoms with Crippen LogP contribution in [0.4, 0.5) is 0 Å². The highest BCUT2D eigenvalue weighted by atomic mass is 16.2. The van der Waals surface area contributed by atoms with Crippen LogP contribution in [0, 0.1) is 0 Å². The Balaban J connectivity index is 1.44. The third kappa shape index (κ3) is 3.39. The van der Waals surface area contributed by atoms with Crippen LogP contribution in [0.2, 0.25) is 0 Å². The first-order valence-corrected chi connectivity index (χ1v) is 8.70. The number of rotatable bonds is 3. The van der Waals surface area contributed by atoms with Crippen LogP contribution >= 0.6 is 0 Å². The lowest BCUT2D eigenvalue weighted by Crippen LogP contribution is -2.48. The number of pyridine rings is 1. The van der Waals surface area contributed by atoms with Gasteiger partial charge in [0.15, 0.2) is 0 Å². The summed E-state index contributed by atoms with van der Waals surface area (Å²) >= 11 is 0. The van der Waals surface area contributed by atoms with Crippen LogP contribution in [0.3, 0.4) is 0 Å². The molecule has 0 aliphatic carbocycles.